The molecule has 8 nitrogen and oxygen atoms in total. The molecule has 2 amide bonds. The van der Waals surface area contributed by atoms with Crippen LogP contribution in [-0.4, -0.2) is 88.0 Å². The molecule has 1 atom stereocenters. The number of carbonyl (C=O) groups excluding carboxylic acids is 1. The van der Waals surface area contributed by atoms with Crippen LogP contribution in [0.15, 0.2) is 0 Å². The number of rotatable bonds is 3. The van der Waals surface area contributed by atoms with E-state index in [0.29, 0.717) is 0 Å². The summed E-state index contributed by atoms with van der Waals surface area (Å²) in [5, 5.41) is 8.95. The Balaban J connectivity index is 1.41. The molecule has 3 fully saturated rings. The minimum Gasteiger partial charge on any atom is -0.379 e. The Bertz CT molecular complexity index is 621. The second-order valence-electron chi connectivity index (χ2n) is 7.68. The molecule has 0 bridgehead atoms. The standard InChI is InChI=1S/C18H30N6O2/c1-21-16(14-22-9-11-26-12-10-22)19-20-17(21)15-5-4-8-24(13-15)18(25)23-6-2-3-7-23/h15H,2-14H2,1H3. The third kappa shape index (κ3) is 3.71. The first-order chi connectivity index (χ1) is 12.7. The molecular weight excluding hydrogens is 332 g/mol. The zero-order valence-electron chi connectivity index (χ0n) is 15.8. The van der Waals surface area contributed by atoms with Crippen LogP contribution < -0.4 is 0 Å². The van der Waals surface area contributed by atoms with Gasteiger partial charge in [-0.3, -0.25) is 4.90 Å². The van der Waals surface area contributed by atoms with Gasteiger partial charge in [0.05, 0.1) is 19.8 Å². The van der Waals surface area contributed by atoms with Crippen molar-refractivity contribution in [3.05, 3.63) is 11.6 Å². The highest BCUT2D eigenvalue weighted by atomic mass is 16.5. The number of piperidine rings is 1. The number of amides is 2. The molecule has 0 aromatic carbocycles. The first-order valence-corrected chi connectivity index (χ1v) is 9.94. The Labute approximate surface area is 155 Å². The van der Waals surface area contributed by atoms with E-state index in [2.05, 4.69) is 26.7 Å². The minimum absolute atomic E-state index is 0.211. The average molecular weight is 362 g/mol. The monoisotopic (exact) mass is 362 g/mol. The lowest BCUT2D eigenvalue weighted by Crippen LogP contribution is -2.46. The van der Waals surface area contributed by atoms with E-state index in [9.17, 15) is 4.79 Å². The lowest BCUT2D eigenvalue weighted by Gasteiger charge is -2.34. The second kappa shape index (κ2) is 7.92. The molecule has 0 spiro atoms. The van der Waals surface area contributed by atoms with Crippen LogP contribution in [0.4, 0.5) is 4.79 Å². The van der Waals surface area contributed by atoms with Crippen molar-refractivity contribution in [3.63, 3.8) is 0 Å². The molecule has 3 aliphatic heterocycles. The van der Waals surface area contributed by atoms with Crippen LogP contribution in [0.5, 0.6) is 0 Å². The minimum atomic E-state index is 0.211. The molecule has 1 aromatic rings. The van der Waals surface area contributed by atoms with Crippen molar-refractivity contribution < 1.29 is 9.53 Å². The van der Waals surface area contributed by atoms with Crippen molar-refractivity contribution in [2.75, 3.05) is 52.5 Å². The van der Waals surface area contributed by atoms with Crippen LogP contribution in [0, 0.1) is 0 Å². The van der Waals surface area contributed by atoms with Gasteiger partial charge in [0.2, 0.25) is 0 Å². The van der Waals surface area contributed by atoms with Crippen LogP contribution in [0.2, 0.25) is 0 Å². The molecule has 3 saturated heterocycles. The van der Waals surface area contributed by atoms with Gasteiger partial charge in [-0.1, -0.05) is 0 Å². The van der Waals surface area contributed by atoms with Gasteiger partial charge in [-0.05, 0) is 25.7 Å². The van der Waals surface area contributed by atoms with Crippen molar-refractivity contribution in [2.45, 2.75) is 38.1 Å². The summed E-state index contributed by atoms with van der Waals surface area (Å²) in [5.41, 5.74) is 0. The highest BCUT2D eigenvalue weighted by molar-refractivity contribution is 5.74. The fourth-order valence-electron chi connectivity index (χ4n) is 4.30. The van der Waals surface area contributed by atoms with E-state index in [1.54, 1.807) is 0 Å². The van der Waals surface area contributed by atoms with Crippen LogP contribution in [0.1, 0.15) is 43.3 Å². The highest BCUT2D eigenvalue weighted by Gasteiger charge is 2.31. The molecular formula is C18H30N6O2. The summed E-state index contributed by atoms with van der Waals surface area (Å²) in [6.45, 7) is 7.75. The maximum atomic E-state index is 12.7. The van der Waals surface area contributed by atoms with Gasteiger partial charge in [0.1, 0.15) is 11.6 Å². The van der Waals surface area contributed by atoms with E-state index in [1.165, 1.54) is 0 Å². The lowest BCUT2D eigenvalue weighted by atomic mass is 9.97. The number of nitrogens with zero attached hydrogens (tertiary/aromatic N) is 6. The Morgan fingerprint density at radius 3 is 2.54 bits per heavy atom. The molecule has 0 saturated carbocycles. The number of ether oxygens (including phenoxy) is 1. The van der Waals surface area contributed by atoms with Crippen molar-refractivity contribution >= 4 is 6.03 Å². The summed E-state index contributed by atoms with van der Waals surface area (Å²) in [7, 11) is 2.06. The SMILES string of the molecule is Cn1c(CN2CCOCC2)nnc1C1CCCN(C(=O)N2CCCC2)C1. The highest BCUT2D eigenvalue weighted by Crippen LogP contribution is 2.27. The second-order valence-corrected chi connectivity index (χ2v) is 7.68. The van der Waals surface area contributed by atoms with Crippen LogP contribution in [0.25, 0.3) is 0 Å². The van der Waals surface area contributed by atoms with Crippen molar-refractivity contribution in [2.24, 2.45) is 7.05 Å². The van der Waals surface area contributed by atoms with E-state index in [0.717, 1.165) is 96.4 Å². The van der Waals surface area contributed by atoms with Crippen LogP contribution >= 0.6 is 0 Å². The summed E-state index contributed by atoms with van der Waals surface area (Å²) in [6, 6.07) is 0.211. The van der Waals surface area contributed by atoms with Crippen molar-refractivity contribution in [3.8, 4) is 0 Å². The lowest BCUT2D eigenvalue weighted by molar-refractivity contribution is 0.0326. The van der Waals surface area contributed by atoms with Crippen molar-refractivity contribution in [1.82, 2.24) is 29.5 Å². The Morgan fingerprint density at radius 2 is 1.77 bits per heavy atom. The molecule has 1 unspecified atom stereocenters. The molecule has 8 heteroatoms. The van der Waals surface area contributed by atoms with E-state index in [-0.39, 0.29) is 11.9 Å². The zero-order chi connectivity index (χ0) is 17.9. The Kier molecular flexibility index (Phi) is 5.40. The van der Waals surface area contributed by atoms with Gasteiger partial charge in [0.25, 0.3) is 0 Å². The number of morpholine rings is 1. The van der Waals surface area contributed by atoms with E-state index in [1.807, 2.05) is 9.80 Å². The van der Waals surface area contributed by atoms with E-state index in [4.69, 9.17) is 4.74 Å². The Hall–Kier alpha value is -1.67. The van der Waals surface area contributed by atoms with E-state index < -0.39 is 0 Å². The molecule has 0 N–H and O–H groups in total. The number of hydrogen-bond donors (Lipinski definition) is 0. The van der Waals surface area contributed by atoms with Crippen LogP contribution in [-0.2, 0) is 18.3 Å². The topological polar surface area (TPSA) is 66.7 Å². The maximum Gasteiger partial charge on any atom is 0.320 e. The van der Waals surface area contributed by atoms with Gasteiger partial charge in [-0.25, -0.2) is 4.79 Å². The summed E-state index contributed by atoms with van der Waals surface area (Å²) >= 11 is 0. The fourth-order valence-corrected chi connectivity index (χ4v) is 4.30. The Morgan fingerprint density at radius 1 is 1.04 bits per heavy atom. The molecule has 0 radical (unpaired) electrons. The molecule has 0 aliphatic carbocycles. The smallest absolute Gasteiger partial charge is 0.320 e. The summed E-state index contributed by atoms with van der Waals surface area (Å²) in [5.74, 6) is 2.31. The van der Waals surface area contributed by atoms with Gasteiger partial charge in [0, 0.05) is 52.2 Å². The van der Waals surface area contributed by atoms with Gasteiger partial charge in [-0.15, -0.1) is 10.2 Å². The number of aromatic nitrogens is 3. The van der Waals surface area contributed by atoms with Gasteiger partial charge >= 0.3 is 6.03 Å². The number of likely N-dealkylation sites (tertiary alicyclic amines) is 2. The van der Waals surface area contributed by atoms with Crippen LogP contribution in [0.3, 0.4) is 0 Å². The molecule has 1 aromatic heterocycles. The van der Waals surface area contributed by atoms with E-state index >= 15 is 0 Å². The predicted molar refractivity (Wildman–Crippen MR) is 96.9 cm³/mol. The predicted octanol–water partition coefficient (Wildman–Crippen LogP) is 1.04. The van der Waals surface area contributed by atoms with Gasteiger partial charge in [-0.2, -0.15) is 0 Å². The third-order valence-electron chi connectivity index (χ3n) is 5.90. The average Bonchev–Trinajstić information content (AvgIpc) is 3.33. The van der Waals surface area contributed by atoms with Crippen molar-refractivity contribution in [1.29, 1.82) is 0 Å². The molecule has 4 heterocycles. The summed E-state index contributed by atoms with van der Waals surface area (Å²) in [6.07, 6.45) is 4.39. The quantitative estimate of drug-likeness (QED) is 0.804. The number of carbonyl (C=O) groups is 1. The molecule has 26 heavy (non-hydrogen) atoms. The number of urea groups is 1. The zero-order valence-corrected chi connectivity index (χ0v) is 15.8. The molecule has 144 valence electrons. The maximum absolute atomic E-state index is 12.7. The van der Waals surface area contributed by atoms with Gasteiger partial charge < -0.3 is 19.1 Å². The van der Waals surface area contributed by atoms with Gasteiger partial charge in [0.15, 0.2) is 0 Å². The normalized spacial score (nSPS) is 25.0. The number of hydrogen-bond acceptors (Lipinski definition) is 5. The third-order valence-corrected chi connectivity index (χ3v) is 5.90. The molecule has 4 rings (SSSR count). The largest absolute Gasteiger partial charge is 0.379 e. The first kappa shape index (κ1) is 17.7. The fraction of sp³-hybridized carbons (Fsp3) is 0.833. The summed E-state index contributed by atoms with van der Waals surface area (Å²) in [4.78, 5) is 19.1. The first-order valence-electron chi connectivity index (χ1n) is 9.94. The summed E-state index contributed by atoms with van der Waals surface area (Å²) < 4.78 is 7.56. The molecule has 3 aliphatic rings.